The Hall–Kier alpha value is -2.34. The first kappa shape index (κ1) is 21.4. The van der Waals surface area contributed by atoms with Crippen LogP contribution in [0.3, 0.4) is 0 Å². The van der Waals surface area contributed by atoms with Crippen LogP contribution >= 0.6 is 11.3 Å². The molecule has 2 heterocycles. The lowest BCUT2D eigenvalue weighted by Gasteiger charge is -2.34. The van der Waals surface area contributed by atoms with Crippen LogP contribution in [0.1, 0.15) is 43.3 Å². The maximum absolute atomic E-state index is 13.2. The fourth-order valence-electron chi connectivity index (χ4n) is 3.55. The quantitative estimate of drug-likeness (QED) is 0.698. The number of nitrogens with zero attached hydrogens (tertiary/aromatic N) is 2. The van der Waals surface area contributed by atoms with Crippen molar-refractivity contribution in [1.29, 1.82) is 0 Å². The molecule has 0 aliphatic carbocycles. The third-order valence-electron chi connectivity index (χ3n) is 5.50. The molecule has 156 valence electrons. The molecule has 2 aromatic rings. The highest BCUT2D eigenvalue weighted by Crippen LogP contribution is 2.37. The maximum Gasteiger partial charge on any atom is 0.267 e. The first-order chi connectivity index (χ1) is 13.9. The van der Waals surface area contributed by atoms with E-state index in [4.69, 9.17) is 4.74 Å². The van der Waals surface area contributed by atoms with Crippen LogP contribution in [0.2, 0.25) is 0 Å². The lowest BCUT2D eigenvalue weighted by Crippen LogP contribution is -2.44. The van der Waals surface area contributed by atoms with E-state index in [0.717, 1.165) is 10.4 Å². The molecule has 1 aliphatic rings. The number of hydrogen-bond acceptors (Lipinski definition) is 4. The molecule has 0 spiro atoms. The van der Waals surface area contributed by atoms with E-state index < -0.39 is 0 Å². The minimum atomic E-state index is 0.000952. The SMILES string of the molecule is CCOc1cc(-c2ccccc2)sc1C(=O)N1CCC(C(=O)N(C)C(C)C)CC1. The number of hydrogen-bond donors (Lipinski definition) is 0. The van der Waals surface area contributed by atoms with Gasteiger partial charge in [-0.2, -0.15) is 0 Å². The minimum Gasteiger partial charge on any atom is -0.492 e. The number of carbonyl (C=O) groups excluding carboxylic acids is 2. The molecule has 1 aliphatic heterocycles. The van der Waals surface area contributed by atoms with Gasteiger partial charge in [0.2, 0.25) is 5.91 Å². The zero-order chi connectivity index (χ0) is 21.0. The summed E-state index contributed by atoms with van der Waals surface area (Å²) >= 11 is 1.48. The van der Waals surface area contributed by atoms with E-state index in [1.54, 1.807) is 4.90 Å². The molecule has 6 heteroatoms. The van der Waals surface area contributed by atoms with E-state index in [0.29, 0.717) is 43.2 Å². The van der Waals surface area contributed by atoms with Gasteiger partial charge in [-0.05, 0) is 45.2 Å². The molecule has 2 amide bonds. The van der Waals surface area contributed by atoms with Gasteiger partial charge >= 0.3 is 0 Å². The van der Waals surface area contributed by atoms with Gasteiger partial charge in [0.1, 0.15) is 10.6 Å². The monoisotopic (exact) mass is 414 g/mol. The molecule has 0 saturated carbocycles. The number of thiophene rings is 1. The van der Waals surface area contributed by atoms with Crippen molar-refractivity contribution in [2.45, 2.75) is 39.7 Å². The molecule has 1 saturated heterocycles. The van der Waals surface area contributed by atoms with Gasteiger partial charge in [0, 0.05) is 37.0 Å². The Balaban J connectivity index is 1.72. The minimum absolute atomic E-state index is 0.000952. The number of benzene rings is 1. The summed E-state index contributed by atoms with van der Waals surface area (Å²) in [6.45, 7) is 7.69. The van der Waals surface area contributed by atoms with E-state index in [1.807, 2.05) is 69.1 Å². The van der Waals surface area contributed by atoms with Crippen LogP contribution < -0.4 is 4.74 Å². The number of ether oxygens (including phenoxy) is 1. The van der Waals surface area contributed by atoms with Gasteiger partial charge in [-0.1, -0.05) is 30.3 Å². The fraction of sp³-hybridized carbons (Fsp3) is 0.478. The van der Waals surface area contributed by atoms with E-state index >= 15 is 0 Å². The Morgan fingerprint density at radius 3 is 2.45 bits per heavy atom. The summed E-state index contributed by atoms with van der Waals surface area (Å²) in [5.41, 5.74) is 1.08. The number of likely N-dealkylation sites (tertiary alicyclic amines) is 1. The van der Waals surface area contributed by atoms with Gasteiger partial charge in [-0.25, -0.2) is 0 Å². The average molecular weight is 415 g/mol. The molecule has 29 heavy (non-hydrogen) atoms. The predicted octanol–water partition coefficient (Wildman–Crippen LogP) is 4.53. The number of piperidine rings is 1. The van der Waals surface area contributed by atoms with E-state index in [1.165, 1.54) is 11.3 Å². The van der Waals surface area contributed by atoms with Gasteiger partial charge < -0.3 is 14.5 Å². The predicted molar refractivity (Wildman–Crippen MR) is 117 cm³/mol. The Bertz CT molecular complexity index is 839. The van der Waals surface area contributed by atoms with Gasteiger partial charge in [0.15, 0.2) is 0 Å². The molecule has 0 atom stereocenters. The normalized spacial score (nSPS) is 14.9. The standard InChI is InChI=1S/C23H30N2O3S/c1-5-28-19-15-20(17-9-7-6-8-10-17)29-21(19)23(27)25-13-11-18(12-14-25)22(26)24(4)16(2)3/h6-10,15-16,18H,5,11-14H2,1-4H3. The lowest BCUT2D eigenvalue weighted by molar-refractivity contribution is -0.137. The zero-order valence-corrected chi connectivity index (χ0v) is 18.5. The van der Waals surface area contributed by atoms with Crippen molar-refractivity contribution in [2.24, 2.45) is 5.92 Å². The second-order valence-electron chi connectivity index (χ2n) is 7.71. The van der Waals surface area contributed by atoms with E-state index in [2.05, 4.69) is 0 Å². The molecule has 0 bridgehead atoms. The number of carbonyl (C=O) groups is 2. The summed E-state index contributed by atoms with van der Waals surface area (Å²) in [7, 11) is 1.86. The molecule has 0 unspecified atom stereocenters. The fourth-order valence-corrected chi connectivity index (χ4v) is 4.62. The topological polar surface area (TPSA) is 49.9 Å². The maximum atomic E-state index is 13.2. The number of amides is 2. The Morgan fingerprint density at radius 1 is 1.21 bits per heavy atom. The molecule has 1 aromatic heterocycles. The van der Waals surface area contributed by atoms with Crippen LogP contribution in [0, 0.1) is 5.92 Å². The Morgan fingerprint density at radius 2 is 1.86 bits per heavy atom. The summed E-state index contributed by atoms with van der Waals surface area (Å²) < 4.78 is 5.77. The first-order valence-electron chi connectivity index (χ1n) is 10.3. The van der Waals surface area contributed by atoms with Crippen molar-refractivity contribution in [3.05, 3.63) is 41.3 Å². The summed E-state index contributed by atoms with van der Waals surface area (Å²) in [6, 6.07) is 12.2. The zero-order valence-electron chi connectivity index (χ0n) is 17.7. The average Bonchev–Trinajstić information content (AvgIpc) is 3.17. The van der Waals surface area contributed by atoms with Crippen molar-refractivity contribution in [3.63, 3.8) is 0 Å². The van der Waals surface area contributed by atoms with Crippen molar-refractivity contribution < 1.29 is 14.3 Å². The van der Waals surface area contributed by atoms with Crippen LogP contribution in [-0.2, 0) is 4.79 Å². The first-order valence-corrected chi connectivity index (χ1v) is 11.1. The largest absolute Gasteiger partial charge is 0.492 e. The molecular formula is C23H30N2O3S. The molecule has 5 nitrogen and oxygen atoms in total. The molecule has 1 aromatic carbocycles. The van der Waals surface area contributed by atoms with Crippen LogP contribution in [-0.4, -0.2) is 54.4 Å². The van der Waals surface area contributed by atoms with Crippen molar-refractivity contribution in [2.75, 3.05) is 26.7 Å². The molecule has 0 radical (unpaired) electrons. The Kier molecular flexibility index (Phi) is 6.96. The molecule has 1 fully saturated rings. The van der Waals surface area contributed by atoms with Gasteiger partial charge in [0.05, 0.1) is 6.61 Å². The van der Waals surface area contributed by atoms with E-state index in [-0.39, 0.29) is 23.8 Å². The lowest BCUT2D eigenvalue weighted by atomic mass is 9.95. The van der Waals surface area contributed by atoms with Crippen molar-refractivity contribution in [1.82, 2.24) is 9.80 Å². The molecule has 3 rings (SSSR count). The van der Waals surface area contributed by atoms with Crippen LogP contribution in [0.4, 0.5) is 0 Å². The second kappa shape index (κ2) is 9.44. The van der Waals surface area contributed by atoms with Gasteiger partial charge in [-0.3, -0.25) is 9.59 Å². The summed E-state index contributed by atoms with van der Waals surface area (Å²) in [5, 5.41) is 0. The highest BCUT2D eigenvalue weighted by molar-refractivity contribution is 7.17. The highest BCUT2D eigenvalue weighted by Gasteiger charge is 2.31. The van der Waals surface area contributed by atoms with Gasteiger partial charge in [0.25, 0.3) is 5.91 Å². The smallest absolute Gasteiger partial charge is 0.267 e. The van der Waals surface area contributed by atoms with Gasteiger partial charge in [-0.15, -0.1) is 11.3 Å². The molecular weight excluding hydrogens is 384 g/mol. The van der Waals surface area contributed by atoms with E-state index in [9.17, 15) is 9.59 Å². The second-order valence-corrected chi connectivity index (χ2v) is 8.76. The Labute approximate surface area is 177 Å². The molecule has 0 N–H and O–H groups in total. The summed E-state index contributed by atoms with van der Waals surface area (Å²) in [4.78, 5) is 31.2. The van der Waals surface area contributed by atoms with Crippen LogP contribution in [0.25, 0.3) is 10.4 Å². The summed E-state index contributed by atoms with van der Waals surface area (Å²) in [5.74, 6) is 0.841. The highest BCUT2D eigenvalue weighted by atomic mass is 32.1. The summed E-state index contributed by atoms with van der Waals surface area (Å²) in [6.07, 6.45) is 1.42. The third-order valence-corrected chi connectivity index (χ3v) is 6.66. The van der Waals surface area contributed by atoms with Crippen molar-refractivity contribution >= 4 is 23.2 Å². The van der Waals surface area contributed by atoms with Crippen LogP contribution in [0.5, 0.6) is 5.75 Å². The third kappa shape index (κ3) is 4.81. The van der Waals surface area contributed by atoms with Crippen molar-refractivity contribution in [3.8, 4) is 16.2 Å². The van der Waals surface area contributed by atoms with Crippen LogP contribution in [0.15, 0.2) is 36.4 Å². The number of rotatable bonds is 6.